The summed E-state index contributed by atoms with van der Waals surface area (Å²) in [6.45, 7) is 0. The van der Waals surface area contributed by atoms with Gasteiger partial charge in [0, 0.05) is 47.8 Å². The SMILES string of the molecule is O=C(O)CCC1=C(CC(=O)O)c2cc3[nH]c(cc4[nH]c(cc5nc(cc1n2)C(CC(=O)OO)=C5CCC(=O)O)c(CC(=O)O)c4CCC(=O)O)c(CCC(=O)O)c3CC(=O)O. The lowest BCUT2D eigenvalue weighted by molar-refractivity contribution is -0.233. The zero-order valence-corrected chi connectivity index (χ0v) is 31.9. The minimum absolute atomic E-state index is 0.0120. The van der Waals surface area contributed by atoms with E-state index < -0.39 is 99.1 Å². The van der Waals surface area contributed by atoms with E-state index >= 15 is 0 Å². The van der Waals surface area contributed by atoms with Crippen molar-refractivity contribution in [1.29, 1.82) is 0 Å². The van der Waals surface area contributed by atoms with Gasteiger partial charge in [-0.3, -0.25) is 33.6 Å². The fraction of sp³-hybridized carbons (Fsp3) is 0.300. The number of carboxylic acid groups (broad SMARTS) is 7. The Kier molecular flexibility index (Phi) is 13.8. The molecule has 0 amide bonds. The van der Waals surface area contributed by atoms with Crippen LogP contribution in [0.1, 0.15) is 96.4 Å². The molecule has 2 aliphatic rings. The van der Waals surface area contributed by atoms with Crippen LogP contribution in [-0.2, 0) is 68.9 Å². The zero-order chi connectivity index (χ0) is 44.7. The minimum Gasteiger partial charge on any atom is -0.481 e. The van der Waals surface area contributed by atoms with Crippen LogP contribution < -0.4 is 0 Å². The quantitative estimate of drug-likeness (QED) is 0.0566. The van der Waals surface area contributed by atoms with Crippen molar-refractivity contribution in [1.82, 2.24) is 19.9 Å². The van der Waals surface area contributed by atoms with Crippen LogP contribution in [0, 0.1) is 0 Å². The molecule has 8 bridgehead atoms. The third-order valence-corrected chi connectivity index (χ3v) is 9.90. The van der Waals surface area contributed by atoms with E-state index in [4.69, 9.17) is 0 Å². The normalized spacial score (nSPS) is 12.3. The van der Waals surface area contributed by atoms with Gasteiger partial charge in [-0.1, -0.05) is 0 Å². The van der Waals surface area contributed by atoms with E-state index in [-0.39, 0.29) is 115 Å². The Morgan fingerprint density at radius 3 is 1.15 bits per heavy atom. The summed E-state index contributed by atoms with van der Waals surface area (Å²) in [6, 6.07) is 5.35. The highest BCUT2D eigenvalue weighted by molar-refractivity contribution is 6.03. The van der Waals surface area contributed by atoms with E-state index in [1.807, 2.05) is 0 Å². The summed E-state index contributed by atoms with van der Waals surface area (Å²) in [7, 11) is 0. The number of nitrogens with zero attached hydrogens (tertiary/aromatic N) is 2. The van der Waals surface area contributed by atoms with Gasteiger partial charge in [0.25, 0.3) is 0 Å². The second kappa shape index (κ2) is 18.9. The molecule has 21 heteroatoms. The highest BCUT2D eigenvalue weighted by Gasteiger charge is 2.29. The average molecular weight is 847 g/mol. The van der Waals surface area contributed by atoms with Crippen molar-refractivity contribution in [2.24, 2.45) is 0 Å². The molecule has 0 radical (unpaired) electrons. The molecular formula is C40H38N4O17. The van der Waals surface area contributed by atoms with E-state index in [2.05, 4.69) is 24.8 Å². The molecule has 5 heterocycles. The molecule has 2 aliphatic heterocycles. The first-order chi connectivity index (χ1) is 28.8. The minimum atomic E-state index is -1.36. The molecule has 3 aromatic rings. The van der Waals surface area contributed by atoms with Gasteiger partial charge in [-0.2, -0.15) is 5.26 Å². The standard InChI is InChI=1S/C40H38N4O17/c45-33(46)5-1-17-21(9-37(53)54)29-14-28-20(4-8-36(51)52)24(12-40(59)61-60)32(44-28)15-27-19(3-7-35(49)50)23(11-39(57)58)31(43-27)16-30-22(10-38(55)56)18(2-6-34(47)48)26(42-30)13-25(17)41-29/h13-16,41-42,60H,1-12H2,(H,45,46)(H,47,48)(H,49,50)(H,51,52)(H,53,54)(H,55,56)(H,57,58). The Morgan fingerprint density at radius 1 is 0.410 bits per heavy atom. The number of allylic oxidation sites excluding steroid dienone is 2. The molecule has 0 saturated heterocycles. The molecule has 3 aromatic heterocycles. The summed E-state index contributed by atoms with van der Waals surface area (Å²) < 4.78 is 0. The van der Waals surface area contributed by atoms with Crippen LogP contribution in [0.2, 0.25) is 0 Å². The second-order valence-electron chi connectivity index (χ2n) is 14.0. The predicted octanol–water partition coefficient (Wildman–Crippen LogP) is 4.04. The maximum Gasteiger partial charge on any atom is 0.346 e. The number of carbonyl (C=O) groups excluding carboxylic acids is 1. The number of hydrogen-bond donors (Lipinski definition) is 10. The Hall–Kier alpha value is -7.68. The van der Waals surface area contributed by atoms with E-state index in [9.17, 15) is 79.4 Å². The number of aliphatic carboxylic acids is 7. The molecule has 0 aliphatic carbocycles. The third-order valence-electron chi connectivity index (χ3n) is 9.90. The Bertz CT molecular complexity index is 2610. The molecule has 0 unspecified atom stereocenters. The Balaban J connectivity index is 2.10. The van der Waals surface area contributed by atoms with Crippen LogP contribution in [0.5, 0.6) is 0 Å². The molecule has 0 saturated carbocycles. The van der Waals surface area contributed by atoms with Gasteiger partial charge in [-0.15, -0.1) is 0 Å². The van der Waals surface area contributed by atoms with Gasteiger partial charge < -0.3 is 50.6 Å². The summed E-state index contributed by atoms with van der Waals surface area (Å²) >= 11 is 0. The average Bonchev–Trinajstić information content (AvgIpc) is 3.84. The van der Waals surface area contributed by atoms with Crippen LogP contribution in [0.3, 0.4) is 0 Å². The highest BCUT2D eigenvalue weighted by atomic mass is 17.1. The molecule has 0 aromatic carbocycles. The first-order valence-electron chi connectivity index (χ1n) is 18.4. The number of H-pyrrole nitrogens is 2. The maximum absolute atomic E-state index is 12.6. The summed E-state index contributed by atoms with van der Waals surface area (Å²) in [6.07, 6.45) is -5.87. The highest BCUT2D eigenvalue weighted by Crippen LogP contribution is 2.41. The molecular weight excluding hydrogens is 808 g/mol. The lowest BCUT2D eigenvalue weighted by atomic mass is 9.95. The largest absolute Gasteiger partial charge is 0.481 e. The number of hydrogen-bond acceptors (Lipinski definition) is 12. The second-order valence-corrected chi connectivity index (χ2v) is 14.0. The van der Waals surface area contributed by atoms with Crippen LogP contribution in [0.4, 0.5) is 0 Å². The molecule has 61 heavy (non-hydrogen) atoms. The fourth-order valence-corrected chi connectivity index (χ4v) is 7.39. The summed E-state index contributed by atoms with van der Waals surface area (Å²) in [4.78, 5) is 116. The van der Waals surface area contributed by atoms with Crippen LogP contribution >= 0.6 is 0 Å². The van der Waals surface area contributed by atoms with E-state index in [1.165, 1.54) is 24.3 Å². The van der Waals surface area contributed by atoms with Gasteiger partial charge in [0.05, 0.1) is 48.5 Å². The zero-order valence-electron chi connectivity index (χ0n) is 31.9. The Morgan fingerprint density at radius 2 is 0.754 bits per heavy atom. The van der Waals surface area contributed by atoms with Crippen LogP contribution in [0.25, 0.3) is 44.4 Å². The molecule has 0 spiro atoms. The number of carbonyl (C=O) groups is 8. The lowest BCUT2D eigenvalue weighted by Crippen LogP contribution is -2.05. The van der Waals surface area contributed by atoms with Gasteiger partial charge in [0.1, 0.15) is 0 Å². The van der Waals surface area contributed by atoms with Crippen molar-refractivity contribution in [2.45, 2.75) is 77.0 Å². The first kappa shape index (κ1) is 44.4. The number of fused-ring (bicyclic) bond motifs is 8. The van der Waals surface area contributed by atoms with Crippen molar-refractivity contribution >= 4 is 92.1 Å². The van der Waals surface area contributed by atoms with Gasteiger partial charge >= 0.3 is 47.8 Å². The summed E-state index contributed by atoms with van der Waals surface area (Å²) in [5.41, 5.74) is 0.882. The van der Waals surface area contributed by atoms with Crippen molar-refractivity contribution in [2.75, 3.05) is 0 Å². The molecule has 5 rings (SSSR count). The molecule has 320 valence electrons. The smallest absolute Gasteiger partial charge is 0.346 e. The molecule has 0 atom stereocenters. The van der Waals surface area contributed by atoms with Crippen molar-refractivity contribution in [3.8, 4) is 0 Å². The fourth-order valence-electron chi connectivity index (χ4n) is 7.39. The first-order valence-corrected chi connectivity index (χ1v) is 18.4. The number of carboxylic acids is 7. The van der Waals surface area contributed by atoms with Crippen molar-refractivity contribution in [3.05, 3.63) is 69.3 Å². The number of rotatable bonds is 20. The number of aromatic amines is 2. The third kappa shape index (κ3) is 10.9. The van der Waals surface area contributed by atoms with Gasteiger partial charge in [0.2, 0.25) is 0 Å². The summed E-state index contributed by atoms with van der Waals surface area (Å²) in [5.74, 6) is -10.2. The van der Waals surface area contributed by atoms with E-state index in [1.54, 1.807) is 0 Å². The topological polar surface area (TPSA) is 365 Å². The van der Waals surface area contributed by atoms with E-state index in [0.717, 1.165) is 0 Å². The number of aromatic nitrogens is 4. The van der Waals surface area contributed by atoms with E-state index in [0.29, 0.717) is 0 Å². The van der Waals surface area contributed by atoms with Crippen molar-refractivity contribution in [3.63, 3.8) is 0 Å². The van der Waals surface area contributed by atoms with Crippen LogP contribution in [0.15, 0.2) is 24.3 Å². The van der Waals surface area contributed by atoms with Gasteiger partial charge in [-0.25, -0.2) is 14.8 Å². The lowest BCUT2D eigenvalue weighted by Gasteiger charge is -2.07. The van der Waals surface area contributed by atoms with Gasteiger partial charge in [-0.05, 0) is 94.5 Å². The number of aryl methyl sites for hydroxylation is 2. The molecule has 10 N–H and O–H groups in total. The predicted molar refractivity (Wildman–Crippen MR) is 209 cm³/mol. The van der Waals surface area contributed by atoms with Crippen molar-refractivity contribution < 1.29 is 84.2 Å². The monoisotopic (exact) mass is 846 g/mol. The number of nitrogens with one attached hydrogen (secondary N) is 2. The van der Waals surface area contributed by atoms with Crippen LogP contribution in [-0.4, -0.2) is 109 Å². The molecule has 0 fully saturated rings. The summed E-state index contributed by atoms with van der Waals surface area (Å²) in [5, 5.41) is 78.0. The molecule has 21 nitrogen and oxygen atoms in total. The maximum atomic E-state index is 12.6. The van der Waals surface area contributed by atoms with Gasteiger partial charge in [0.15, 0.2) is 0 Å². The Labute approximate surface area is 342 Å².